The summed E-state index contributed by atoms with van der Waals surface area (Å²) in [5, 5.41) is 0. The second-order valence-electron chi connectivity index (χ2n) is 11.7. The molecule has 1 aromatic carbocycles. The summed E-state index contributed by atoms with van der Waals surface area (Å²) in [6, 6.07) is 8.12. The third kappa shape index (κ3) is 4.14. The Hall–Kier alpha value is -1.68. The minimum absolute atomic E-state index is 0.0493. The number of ketones is 1. The minimum Gasteiger partial charge on any atom is -0.462 e. The lowest BCUT2D eigenvalue weighted by Crippen LogP contribution is -2.51. The molecule has 1 aromatic rings. The third-order valence-corrected chi connectivity index (χ3v) is 10.6. The van der Waals surface area contributed by atoms with Crippen LogP contribution in [0.5, 0.6) is 0 Å². The molecule has 34 heavy (non-hydrogen) atoms. The van der Waals surface area contributed by atoms with Crippen molar-refractivity contribution in [3.05, 3.63) is 52.0 Å². The van der Waals surface area contributed by atoms with E-state index in [4.69, 9.17) is 4.74 Å². The van der Waals surface area contributed by atoms with Crippen LogP contribution < -0.4 is 0 Å². The highest BCUT2D eigenvalue weighted by molar-refractivity contribution is 9.10. The van der Waals surface area contributed by atoms with Gasteiger partial charge in [-0.05, 0) is 97.3 Å². The Bertz CT molecular complexity index is 1020. The molecule has 0 N–H and O–H groups in total. The molecule has 0 spiro atoms. The Balaban J connectivity index is 1.32. The van der Waals surface area contributed by atoms with Crippen LogP contribution in [0.3, 0.4) is 0 Å². The van der Waals surface area contributed by atoms with Crippen LogP contribution in [0.15, 0.2) is 46.5 Å². The van der Waals surface area contributed by atoms with E-state index < -0.39 is 0 Å². The van der Waals surface area contributed by atoms with Gasteiger partial charge in [-0.2, -0.15) is 0 Å². The van der Waals surface area contributed by atoms with Crippen molar-refractivity contribution in [2.75, 3.05) is 0 Å². The Labute approximate surface area is 212 Å². The predicted molar refractivity (Wildman–Crippen MR) is 139 cm³/mol. The molecule has 0 unspecified atom stereocenters. The van der Waals surface area contributed by atoms with Gasteiger partial charge in [-0.25, -0.2) is 0 Å². The molecule has 7 atom stereocenters. The van der Waals surface area contributed by atoms with Crippen LogP contribution in [-0.2, 0) is 14.3 Å². The number of halogens is 1. The molecule has 0 aliphatic heterocycles. The SMILES string of the molecule is CC(=O)O[C@H]1CC[C@@]2(C)C(=CC[C@H]3[C@@H]4CC[C@H](C(=O)/C=C/c5ccc(Br)cc5)[C@@]4(C)CC[C@@H]32)C1. The smallest absolute Gasteiger partial charge is 0.302 e. The molecular weight excluding hydrogens is 488 g/mol. The molecule has 3 saturated carbocycles. The Morgan fingerprint density at radius 2 is 1.79 bits per heavy atom. The summed E-state index contributed by atoms with van der Waals surface area (Å²) in [5.41, 5.74) is 2.93. The summed E-state index contributed by atoms with van der Waals surface area (Å²) < 4.78 is 6.63. The zero-order chi connectivity index (χ0) is 24.1. The standard InChI is InChI=1S/C30H37BrO3/c1-19(32)34-23-14-16-29(2)21(18-23)7-10-24-25-11-12-27(30(25,3)17-15-26(24)29)28(33)13-6-20-4-8-22(31)9-5-20/h4-9,13,23-27H,10-12,14-18H2,1-3H3/b13-6+/t23-,24-,25-,26-,27+,29-,30-/m0/s1. The van der Waals surface area contributed by atoms with E-state index in [9.17, 15) is 9.59 Å². The maximum atomic E-state index is 13.4. The first-order valence-electron chi connectivity index (χ1n) is 13.0. The first-order chi connectivity index (χ1) is 16.2. The van der Waals surface area contributed by atoms with E-state index in [0.717, 1.165) is 48.6 Å². The second-order valence-corrected chi connectivity index (χ2v) is 12.6. The average Bonchev–Trinajstić information content (AvgIpc) is 3.16. The van der Waals surface area contributed by atoms with Crippen LogP contribution in [0, 0.1) is 34.5 Å². The number of fused-ring (bicyclic) bond motifs is 5. The Morgan fingerprint density at radius 1 is 1.03 bits per heavy atom. The Morgan fingerprint density at radius 3 is 2.53 bits per heavy atom. The molecule has 182 valence electrons. The topological polar surface area (TPSA) is 43.4 Å². The van der Waals surface area contributed by atoms with Crippen molar-refractivity contribution in [1.82, 2.24) is 0 Å². The molecule has 0 bridgehead atoms. The molecule has 0 radical (unpaired) electrons. The molecule has 0 saturated heterocycles. The second kappa shape index (κ2) is 9.08. The highest BCUT2D eigenvalue weighted by Gasteiger charge is 2.59. The fourth-order valence-corrected chi connectivity index (χ4v) is 8.56. The number of carbonyl (C=O) groups is 2. The maximum Gasteiger partial charge on any atom is 0.302 e. The van der Waals surface area contributed by atoms with E-state index in [2.05, 4.69) is 35.9 Å². The van der Waals surface area contributed by atoms with Crippen LogP contribution in [0.4, 0.5) is 0 Å². The number of esters is 1. The third-order valence-electron chi connectivity index (χ3n) is 10.0. The van der Waals surface area contributed by atoms with Gasteiger partial charge in [0.2, 0.25) is 0 Å². The first-order valence-corrected chi connectivity index (χ1v) is 13.8. The lowest BCUT2D eigenvalue weighted by atomic mass is 9.47. The maximum absolute atomic E-state index is 13.4. The molecule has 4 aliphatic carbocycles. The van der Waals surface area contributed by atoms with Crippen LogP contribution in [0.1, 0.15) is 77.7 Å². The molecule has 0 heterocycles. The summed E-state index contributed by atoms with van der Waals surface area (Å²) in [6.07, 6.45) is 15.0. The predicted octanol–water partition coefficient (Wildman–Crippen LogP) is 7.54. The molecule has 0 aromatic heterocycles. The lowest BCUT2D eigenvalue weighted by Gasteiger charge is -2.58. The number of carbonyl (C=O) groups excluding carboxylic acids is 2. The van der Waals surface area contributed by atoms with Gasteiger partial charge in [0.25, 0.3) is 0 Å². The normalized spacial score (nSPS) is 39.1. The van der Waals surface area contributed by atoms with Gasteiger partial charge in [-0.1, -0.05) is 59.6 Å². The fourth-order valence-electron chi connectivity index (χ4n) is 8.30. The molecule has 0 amide bonds. The largest absolute Gasteiger partial charge is 0.462 e. The average molecular weight is 526 g/mol. The molecule has 3 fully saturated rings. The van der Waals surface area contributed by atoms with Crippen LogP contribution in [0.25, 0.3) is 6.08 Å². The quantitative estimate of drug-likeness (QED) is 0.232. The number of benzene rings is 1. The lowest BCUT2D eigenvalue weighted by molar-refractivity contribution is -0.149. The van der Waals surface area contributed by atoms with Crippen molar-refractivity contribution < 1.29 is 14.3 Å². The number of hydrogen-bond acceptors (Lipinski definition) is 3. The van der Waals surface area contributed by atoms with E-state index in [-0.39, 0.29) is 28.8 Å². The van der Waals surface area contributed by atoms with E-state index in [1.165, 1.54) is 25.3 Å². The summed E-state index contributed by atoms with van der Waals surface area (Å²) in [5.74, 6) is 2.28. The summed E-state index contributed by atoms with van der Waals surface area (Å²) in [6.45, 7) is 6.41. The minimum atomic E-state index is -0.160. The van der Waals surface area contributed by atoms with Crippen molar-refractivity contribution in [2.45, 2.75) is 78.2 Å². The van der Waals surface area contributed by atoms with Crippen LogP contribution in [-0.4, -0.2) is 17.9 Å². The van der Waals surface area contributed by atoms with Crippen molar-refractivity contribution in [3.8, 4) is 0 Å². The number of allylic oxidation sites excluding steroid dienone is 2. The van der Waals surface area contributed by atoms with Gasteiger partial charge >= 0.3 is 5.97 Å². The number of hydrogen-bond donors (Lipinski definition) is 0. The van der Waals surface area contributed by atoms with E-state index >= 15 is 0 Å². The highest BCUT2D eigenvalue weighted by atomic mass is 79.9. The Kier molecular flexibility index (Phi) is 6.42. The first kappa shape index (κ1) is 24.0. The van der Waals surface area contributed by atoms with Gasteiger partial charge in [0.15, 0.2) is 5.78 Å². The van der Waals surface area contributed by atoms with E-state index in [1.807, 2.05) is 36.4 Å². The summed E-state index contributed by atoms with van der Waals surface area (Å²) in [4.78, 5) is 24.9. The highest BCUT2D eigenvalue weighted by Crippen LogP contribution is 2.66. The molecule has 5 rings (SSSR count). The van der Waals surface area contributed by atoms with Crippen LogP contribution >= 0.6 is 15.9 Å². The molecule has 3 nitrogen and oxygen atoms in total. The summed E-state index contributed by atoms with van der Waals surface area (Å²) in [7, 11) is 0. The van der Waals surface area contributed by atoms with E-state index in [1.54, 1.807) is 0 Å². The number of rotatable bonds is 4. The van der Waals surface area contributed by atoms with Crippen molar-refractivity contribution in [1.29, 1.82) is 0 Å². The van der Waals surface area contributed by atoms with Gasteiger partial charge < -0.3 is 4.74 Å². The van der Waals surface area contributed by atoms with E-state index in [0.29, 0.717) is 23.5 Å². The number of ether oxygens (including phenoxy) is 1. The molecule has 4 heteroatoms. The van der Waals surface area contributed by atoms with Crippen molar-refractivity contribution >= 4 is 33.8 Å². The van der Waals surface area contributed by atoms with Gasteiger partial charge in [0.1, 0.15) is 6.10 Å². The van der Waals surface area contributed by atoms with Crippen LogP contribution in [0.2, 0.25) is 0 Å². The van der Waals surface area contributed by atoms with Gasteiger partial charge in [-0.3, -0.25) is 9.59 Å². The van der Waals surface area contributed by atoms with Crippen molar-refractivity contribution in [3.63, 3.8) is 0 Å². The monoisotopic (exact) mass is 524 g/mol. The molecular formula is C30H37BrO3. The zero-order valence-electron chi connectivity index (χ0n) is 20.7. The van der Waals surface area contributed by atoms with Gasteiger partial charge in [0, 0.05) is 23.7 Å². The summed E-state index contributed by atoms with van der Waals surface area (Å²) >= 11 is 3.47. The van der Waals surface area contributed by atoms with Gasteiger partial charge in [-0.15, -0.1) is 0 Å². The molecule has 4 aliphatic rings. The fraction of sp³-hybridized carbons (Fsp3) is 0.600. The van der Waals surface area contributed by atoms with Crippen molar-refractivity contribution in [2.24, 2.45) is 34.5 Å². The zero-order valence-corrected chi connectivity index (χ0v) is 22.3. The van der Waals surface area contributed by atoms with Gasteiger partial charge in [0.05, 0.1) is 0 Å².